The molecule has 0 unspecified atom stereocenters. The topological polar surface area (TPSA) is 71.8 Å². The van der Waals surface area contributed by atoms with E-state index < -0.39 is 0 Å². The van der Waals surface area contributed by atoms with Crippen LogP contribution >= 0.6 is 11.8 Å². The molecule has 0 bridgehead atoms. The summed E-state index contributed by atoms with van der Waals surface area (Å²) >= 11 is 1.42. The molecule has 6 nitrogen and oxygen atoms in total. The molecular weight excluding hydrogens is 238 g/mol. The summed E-state index contributed by atoms with van der Waals surface area (Å²) < 4.78 is 1.91. The molecule has 2 N–H and O–H groups in total. The van der Waals surface area contributed by atoms with E-state index in [1.54, 1.807) is 0 Å². The van der Waals surface area contributed by atoms with Gasteiger partial charge in [0, 0.05) is 13.1 Å². The highest BCUT2D eigenvalue weighted by Gasteiger charge is 2.23. The second-order valence-electron chi connectivity index (χ2n) is 4.12. The first-order valence-corrected chi connectivity index (χ1v) is 6.64. The van der Waals surface area contributed by atoms with Gasteiger partial charge in [-0.2, -0.15) is 0 Å². The third-order valence-electron chi connectivity index (χ3n) is 2.53. The van der Waals surface area contributed by atoms with Gasteiger partial charge in [-0.25, -0.2) is 0 Å². The minimum absolute atomic E-state index is 0.0793. The Hall–Kier alpha value is -1.08. The fourth-order valence-corrected chi connectivity index (χ4v) is 2.15. The first-order chi connectivity index (χ1) is 8.20. The zero-order chi connectivity index (χ0) is 12.3. The van der Waals surface area contributed by atoms with E-state index in [9.17, 15) is 4.79 Å². The lowest BCUT2D eigenvalue weighted by molar-refractivity contribution is -0.118. The van der Waals surface area contributed by atoms with Crippen molar-refractivity contribution < 1.29 is 4.79 Å². The smallest absolute Gasteiger partial charge is 0.230 e. The van der Waals surface area contributed by atoms with Crippen molar-refractivity contribution in [2.24, 2.45) is 7.05 Å². The summed E-state index contributed by atoms with van der Waals surface area (Å²) in [6, 6.07) is 0.419. The Kier molecular flexibility index (Phi) is 4.01. The van der Waals surface area contributed by atoms with Gasteiger partial charge in [0.05, 0.1) is 12.3 Å². The van der Waals surface area contributed by atoms with Crippen LogP contribution in [0.2, 0.25) is 0 Å². The molecule has 1 fully saturated rings. The second kappa shape index (κ2) is 5.50. The lowest BCUT2D eigenvalue weighted by Crippen LogP contribution is -2.27. The molecule has 7 heteroatoms. The number of hydrogen-bond donors (Lipinski definition) is 2. The Morgan fingerprint density at radius 2 is 2.29 bits per heavy atom. The average Bonchev–Trinajstić information content (AvgIpc) is 3.04. The molecule has 0 atom stereocenters. The van der Waals surface area contributed by atoms with Gasteiger partial charge < -0.3 is 15.2 Å². The van der Waals surface area contributed by atoms with E-state index in [1.807, 2.05) is 18.7 Å². The number of nitrogens with one attached hydrogen (secondary N) is 2. The fourth-order valence-electron chi connectivity index (χ4n) is 1.41. The van der Waals surface area contributed by atoms with Gasteiger partial charge in [0.1, 0.15) is 5.82 Å². The fraction of sp³-hybridized carbons (Fsp3) is 0.700. The molecule has 1 aliphatic carbocycles. The van der Waals surface area contributed by atoms with E-state index >= 15 is 0 Å². The molecule has 2 rings (SSSR count). The van der Waals surface area contributed by atoms with E-state index in [-0.39, 0.29) is 5.91 Å². The van der Waals surface area contributed by atoms with Gasteiger partial charge in [-0.3, -0.25) is 4.79 Å². The van der Waals surface area contributed by atoms with Gasteiger partial charge >= 0.3 is 0 Å². The van der Waals surface area contributed by atoms with Crippen LogP contribution in [0.25, 0.3) is 0 Å². The summed E-state index contributed by atoms with van der Waals surface area (Å²) in [6.45, 7) is 0.679. The van der Waals surface area contributed by atoms with Gasteiger partial charge in [0.15, 0.2) is 5.16 Å². The molecule has 17 heavy (non-hydrogen) atoms. The van der Waals surface area contributed by atoms with Gasteiger partial charge in [-0.05, 0) is 19.9 Å². The Morgan fingerprint density at radius 3 is 2.94 bits per heavy atom. The highest BCUT2D eigenvalue weighted by Crippen LogP contribution is 2.20. The molecule has 1 aromatic heterocycles. The van der Waals surface area contributed by atoms with Crippen molar-refractivity contribution in [3.63, 3.8) is 0 Å². The van der Waals surface area contributed by atoms with Crippen molar-refractivity contribution in [1.82, 2.24) is 25.4 Å². The minimum atomic E-state index is 0.0793. The van der Waals surface area contributed by atoms with E-state index in [4.69, 9.17) is 0 Å². The van der Waals surface area contributed by atoms with Crippen LogP contribution in [-0.4, -0.2) is 39.5 Å². The van der Waals surface area contributed by atoms with Crippen LogP contribution in [0, 0.1) is 0 Å². The number of amides is 1. The van der Waals surface area contributed by atoms with Crippen LogP contribution in [0.3, 0.4) is 0 Å². The van der Waals surface area contributed by atoms with Crippen LogP contribution in [-0.2, 0) is 18.4 Å². The van der Waals surface area contributed by atoms with Gasteiger partial charge in [-0.15, -0.1) is 10.2 Å². The van der Waals surface area contributed by atoms with Crippen molar-refractivity contribution in [2.45, 2.75) is 30.6 Å². The number of thioether (sulfide) groups is 1. The Bertz CT molecular complexity index is 401. The number of aromatic nitrogens is 3. The number of carbonyl (C=O) groups is 1. The Morgan fingerprint density at radius 1 is 1.53 bits per heavy atom. The molecule has 0 spiro atoms. The number of rotatable bonds is 6. The number of carbonyl (C=O) groups excluding carboxylic acids is 1. The lowest BCUT2D eigenvalue weighted by atomic mass is 10.6. The highest BCUT2D eigenvalue weighted by molar-refractivity contribution is 7.99. The summed E-state index contributed by atoms with van der Waals surface area (Å²) in [5.74, 6) is 1.36. The predicted octanol–water partition coefficient (Wildman–Crippen LogP) is -0.0948. The zero-order valence-corrected chi connectivity index (χ0v) is 10.9. The first kappa shape index (κ1) is 12.4. The summed E-state index contributed by atoms with van der Waals surface area (Å²) in [7, 11) is 3.78. The highest BCUT2D eigenvalue weighted by atomic mass is 32.2. The molecular formula is C10H17N5OS. The molecule has 1 amide bonds. The maximum atomic E-state index is 11.5. The maximum Gasteiger partial charge on any atom is 0.230 e. The SMILES string of the molecule is CNCc1nnc(SCC(=O)NC2CC2)n1C. The largest absolute Gasteiger partial charge is 0.353 e. The van der Waals surface area contributed by atoms with E-state index in [2.05, 4.69) is 20.8 Å². The van der Waals surface area contributed by atoms with E-state index in [1.165, 1.54) is 11.8 Å². The monoisotopic (exact) mass is 255 g/mol. The van der Waals surface area contributed by atoms with E-state index in [0.717, 1.165) is 23.8 Å². The number of nitrogens with zero attached hydrogens (tertiary/aromatic N) is 3. The molecule has 94 valence electrons. The summed E-state index contributed by atoms with van der Waals surface area (Å²) in [5, 5.41) is 14.9. The molecule has 1 saturated carbocycles. The summed E-state index contributed by atoms with van der Waals surface area (Å²) in [6.07, 6.45) is 2.24. The van der Waals surface area contributed by atoms with Crippen LogP contribution in [0.5, 0.6) is 0 Å². The summed E-state index contributed by atoms with van der Waals surface area (Å²) in [4.78, 5) is 11.5. The minimum Gasteiger partial charge on any atom is -0.353 e. The molecule has 1 aliphatic rings. The van der Waals surface area contributed by atoms with Gasteiger partial charge in [0.25, 0.3) is 0 Å². The van der Waals surface area contributed by atoms with Crippen LogP contribution < -0.4 is 10.6 Å². The first-order valence-electron chi connectivity index (χ1n) is 5.65. The Labute approximate surface area is 105 Å². The third kappa shape index (κ3) is 3.44. The maximum absolute atomic E-state index is 11.5. The van der Waals surface area contributed by atoms with Gasteiger partial charge in [-0.1, -0.05) is 11.8 Å². The predicted molar refractivity (Wildman–Crippen MR) is 65.7 cm³/mol. The van der Waals surface area contributed by atoms with Crippen LogP contribution in [0.1, 0.15) is 18.7 Å². The van der Waals surface area contributed by atoms with Crippen molar-refractivity contribution in [1.29, 1.82) is 0 Å². The second-order valence-corrected chi connectivity index (χ2v) is 5.06. The third-order valence-corrected chi connectivity index (χ3v) is 3.56. The van der Waals surface area contributed by atoms with Crippen molar-refractivity contribution in [3.8, 4) is 0 Å². The normalized spacial score (nSPS) is 14.9. The standard InChI is InChI=1S/C10H17N5OS/c1-11-5-8-13-14-10(15(8)2)17-6-9(16)12-7-3-4-7/h7,11H,3-6H2,1-2H3,(H,12,16). The van der Waals surface area contributed by atoms with Gasteiger partial charge in [0.2, 0.25) is 5.91 Å². The lowest BCUT2D eigenvalue weighted by Gasteiger charge is -2.04. The molecule has 0 aromatic carbocycles. The average molecular weight is 255 g/mol. The van der Waals surface area contributed by atoms with Crippen molar-refractivity contribution in [3.05, 3.63) is 5.82 Å². The molecule has 0 saturated heterocycles. The van der Waals surface area contributed by atoms with E-state index in [0.29, 0.717) is 18.3 Å². The zero-order valence-electron chi connectivity index (χ0n) is 10.1. The molecule has 0 aliphatic heterocycles. The Balaban J connectivity index is 1.83. The van der Waals surface area contributed by atoms with Crippen LogP contribution in [0.15, 0.2) is 5.16 Å². The molecule has 0 radical (unpaired) electrons. The quantitative estimate of drug-likeness (QED) is 0.695. The molecule has 1 heterocycles. The molecule has 1 aromatic rings. The number of hydrogen-bond acceptors (Lipinski definition) is 5. The van der Waals surface area contributed by atoms with Crippen molar-refractivity contribution in [2.75, 3.05) is 12.8 Å². The summed E-state index contributed by atoms with van der Waals surface area (Å²) in [5.41, 5.74) is 0. The van der Waals surface area contributed by atoms with Crippen LogP contribution in [0.4, 0.5) is 0 Å². The van der Waals surface area contributed by atoms with Crippen molar-refractivity contribution >= 4 is 17.7 Å².